The summed E-state index contributed by atoms with van der Waals surface area (Å²) >= 11 is 0. The van der Waals surface area contributed by atoms with Crippen LogP contribution < -0.4 is 5.32 Å². The topological polar surface area (TPSA) is 12.0 Å². The summed E-state index contributed by atoms with van der Waals surface area (Å²) in [5, 5.41) is 3.52. The van der Waals surface area contributed by atoms with Gasteiger partial charge in [0.05, 0.1) is 0 Å². The SMILES string of the molecule is CCNC(CCc1cc(F)ccc1C)CC(C)C. The molecule has 0 radical (unpaired) electrons. The smallest absolute Gasteiger partial charge is 0.123 e. The van der Waals surface area contributed by atoms with Crippen LogP contribution in [0, 0.1) is 18.7 Å². The van der Waals surface area contributed by atoms with Gasteiger partial charge in [-0.25, -0.2) is 4.39 Å². The molecule has 0 aliphatic carbocycles. The molecule has 102 valence electrons. The number of hydrogen-bond donors (Lipinski definition) is 1. The van der Waals surface area contributed by atoms with Crippen molar-refractivity contribution in [2.75, 3.05) is 6.54 Å². The highest BCUT2D eigenvalue weighted by atomic mass is 19.1. The average molecular weight is 251 g/mol. The molecule has 1 aromatic carbocycles. The zero-order chi connectivity index (χ0) is 13.5. The molecule has 0 bridgehead atoms. The van der Waals surface area contributed by atoms with Gasteiger partial charge in [-0.05, 0) is 61.9 Å². The summed E-state index contributed by atoms with van der Waals surface area (Å²) in [7, 11) is 0. The van der Waals surface area contributed by atoms with Crippen LogP contribution in [0.5, 0.6) is 0 Å². The summed E-state index contributed by atoms with van der Waals surface area (Å²) in [6.07, 6.45) is 3.21. The van der Waals surface area contributed by atoms with Crippen LogP contribution in [0.1, 0.15) is 44.7 Å². The van der Waals surface area contributed by atoms with Crippen molar-refractivity contribution in [3.05, 3.63) is 35.1 Å². The fourth-order valence-corrected chi connectivity index (χ4v) is 2.40. The lowest BCUT2D eigenvalue weighted by atomic mass is 9.95. The monoisotopic (exact) mass is 251 g/mol. The highest BCUT2D eigenvalue weighted by Crippen LogP contribution is 2.16. The van der Waals surface area contributed by atoms with Gasteiger partial charge in [0.1, 0.15) is 5.82 Å². The van der Waals surface area contributed by atoms with E-state index in [-0.39, 0.29) is 5.82 Å². The van der Waals surface area contributed by atoms with Gasteiger partial charge in [0.15, 0.2) is 0 Å². The molecule has 0 aromatic heterocycles. The maximum atomic E-state index is 13.2. The van der Waals surface area contributed by atoms with Crippen molar-refractivity contribution >= 4 is 0 Å². The Morgan fingerprint density at radius 2 is 2.00 bits per heavy atom. The van der Waals surface area contributed by atoms with Crippen molar-refractivity contribution in [1.29, 1.82) is 0 Å². The van der Waals surface area contributed by atoms with Gasteiger partial charge in [-0.1, -0.05) is 26.8 Å². The van der Waals surface area contributed by atoms with Gasteiger partial charge in [-0.15, -0.1) is 0 Å². The first-order valence-corrected chi connectivity index (χ1v) is 7.01. The Labute approximate surface area is 111 Å². The standard InChI is InChI=1S/C16H26FN/c1-5-18-16(10-12(2)3)9-7-14-11-15(17)8-6-13(14)4/h6,8,11-12,16,18H,5,7,9-10H2,1-4H3. The molecule has 2 heteroatoms. The van der Waals surface area contributed by atoms with Crippen LogP contribution in [0.25, 0.3) is 0 Å². The van der Waals surface area contributed by atoms with E-state index in [1.165, 1.54) is 18.1 Å². The van der Waals surface area contributed by atoms with Crippen LogP contribution in [0.15, 0.2) is 18.2 Å². The lowest BCUT2D eigenvalue weighted by Gasteiger charge is -2.20. The average Bonchev–Trinajstić information content (AvgIpc) is 2.29. The predicted molar refractivity (Wildman–Crippen MR) is 76.4 cm³/mol. The highest BCUT2D eigenvalue weighted by Gasteiger charge is 2.10. The van der Waals surface area contributed by atoms with Gasteiger partial charge in [0.25, 0.3) is 0 Å². The third-order valence-corrected chi connectivity index (χ3v) is 3.32. The van der Waals surface area contributed by atoms with E-state index in [1.54, 1.807) is 6.07 Å². The van der Waals surface area contributed by atoms with E-state index in [4.69, 9.17) is 0 Å². The minimum atomic E-state index is -0.125. The molecule has 0 saturated heterocycles. The third kappa shape index (κ3) is 5.18. The molecule has 1 N–H and O–H groups in total. The van der Waals surface area contributed by atoms with Gasteiger partial charge in [-0.3, -0.25) is 0 Å². The van der Waals surface area contributed by atoms with Crippen LogP contribution in [0.2, 0.25) is 0 Å². The van der Waals surface area contributed by atoms with Crippen molar-refractivity contribution in [3.8, 4) is 0 Å². The summed E-state index contributed by atoms with van der Waals surface area (Å²) in [5.41, 5.74) is 2.33. The van der Waals surface area contributed by atoms with E-state index < -0.39 is 0 Å². The van der Waals surface area contributed by atoms with Crippen LogP contribution in [-0.4, -0.2) is 12.6 Å². The molecule has 1 aromatic rings. The summed E-state index contributed by atoms with van der Waals surface area (Å²) in [4.78, 5) is 0. The molecule has 18 heavy (non-hydrogen) atoms. The molecular weight excluding hydrogens is 225 g/mol. The van der Waals surface area contributed by atoms with Crippen molar-refractivity contribution in [2.24, 2.45) is 5.92 Å². The second-order valence-electron chi connectivity index (χ2n) is 5.49. The Balaban J connectivity index is 2.57. The number of halogens is 1. The molecule has 0 spiro atoms. The Morgan fingerprint density at radius 3 is 2.61 bits per heavy atom. The Morgan fingerprint density at radius 1 is 1.28 bits per heavy atom. The summed E-state index contributed by atoms with van der Waals surface area (Å²) in [5.74, 6) is 0.571. The minimum Gasteiger partial charge on any atom is -0.314 e. The first-order chi connectivity index (χ1) is 8.52. The van der Waals surface area contributed by atoms with Crippen LogP contribution >= 0.6 is 0 Å². The normalized spacial score (nSPS) is 13.0. The predicted octanol–water partition coefficient (Wildman–Crippen LogP) is 4.09. The van der Waals surface area contributed by atoms with Crippen molar-refractivity contribution in [2.45, 2.75) is 53.0 Å². The maximum absolute atomic E-state index is 13.2. The van der Waals surface area contributed by atoms with Crippen molar-refractivity contribution in [3.63, 3.8) is 0 Å². The third-order valence-electron chi connectivity index (χ3n) is 3.32. The number of nitrogens with one attached hydrogen (secondary N) is 1. The summed E-state index contributed by atoms with van der Waals surface area (Å²) < 4.78 is 13.2. The second kappa shape index (κ2) is 7.52. The van der Waals surface area contributed by atoms with Crippen molar-refractivity contribution < 1.29 is 4.39 Å². The molecule has 1 atom stereocenters. The van der Waals surface area contributed by atoms with E-state index in [0.29, 0.717) is 12.0 Å². The van der Waals surface area contributed by atoms with Crippen LogP contribution in [-0.2, 0) is 6.42 Å². The van der Waals surface area contributed by atoms with E-state index in [0.717, 1.165) is 24.9 Å². The molecule has 0 aliphatic heterocycles. The largest absolute Gasteiger partial charge is 0.314 e. The molecule has 1 nitrogen and oxygen atoms in total. The number of rotatable bonds is 7. The second-order valence-corrected chi connectivity index (χ2v) is 5.49. The van der Waals surface area contributed by atoms with Crippen molar-refractivity contribution in [1.82, 2.24) is 5.32 Å². The molecule has 0 heterocycles. The highest BCUT2D eigenvalue weighted by molar-refractivity contribution is 5.26. The van der Waals surface area contributed by atoms with Gasteiger partial charge < -0.3 is 5.32 Å². The number of hydrogen-bond acceptors (Lipinski definition) is 1. The first kappa shape index (κ1) is 15.2. The van der Waals surface area contributed by atoms with E-state index in [9.17, 15) is 4.39 Å². The molecule has 0 aliphatic rings. The van der Waals surface area contributed by atoms with Crippen LogP contribution in [0.3, 0.4) is 0 Å². The molecular formula is C16H26FN. The fourth-order valence-electron chi connectivity index (χ4n) is 2.40. The summed E-state index contributed by atoms with van der Waals surface area (Å²) in [6, 6.07) is 5.62. The minimum absolute atomic E-state index is 0.125. The van der Waals surface area contributed by atoms with Crippen LogP contribution in [0.4, 0.5) is 4.39 Å². The molecule has 0 saturated carbocycles. The molecule has 0 amide bonds. The van der Waals surface area contributed by atoms with Gasteiger partial charge in [-0.2, -0.15) is 0 Å². The molecule has 1 rings (SSSR count). The molecule has 1 unspecified atom stereocenters. The Bertz CT molecular complexity index is 360. The zero-order valence-electron chi connectivity index (χ0n) is 12.1. The lowest BCUT2D eigenvalue weighted by Crippen LogP contribution is -2.30. The fraction of sp³-hybridized carbons (Fsp3) is 0.625. The van der Waals surface area contributed by atoms with E-state index in [2.05, 4.69) is 33.0 Å². The number of aryl methyl sites for hydroxylation is 2. The Hall–Kier alpha value is -0.890. The number of benzene rings is 1. The van der Waals surface area contributed by atoms with Gasteiger partial charge in [0, 0.05) is 6.04 Å². The maximum Gasteiger partial charge on any atom is 0.123 e. The molecule has 0 fully saturated rings. The zero-order valence-corrected chi connectivity index (χ0v) is 12.1. The van der Waals surface area contributed by atoms with Gasteiger partial charge in [0.2, 0.25) is 0 Å². The van der Waals surface area contributed by atoms with E-state index >= 15 is 0 Å². The van der Waals surface area contributed by atoms with E-state index in [1.807, 2.05) is 6.07 Å². The Kier molecular flexibility index (Phi) is 6.34. The van der Waals surface area contributed by atoms with Gasteiger partial charge >= 0.3 is 0 Å². The lowest BCUT2D eigenvalue weighted by molar-refractivity contribution is 0.405. The first-order valence-electron chi connectivity index (χ1n) is 7.01. The summed E-state index contributed by atoms with van der Waals surface area (Å²) in [6.45, 7) is 9.69. The quantitative estimate of drug-likeness (QED) is 0.769.